The first kappa shape index (κ1) is 18.0. The summed E-state index contributed by atoms with van der Waals surface area (Å²) in [5.41, 5.74) is 5.10. The van der Waals surface area contributed by atoms with Crippen molar-refractivity contribution in [3.63, 3.8) is 0 Å². The van der Waals surface area contributed by atoms with Crippen molar-refractivity contribution in [3.05, 3.63) is 45.6 Å². The van der Waals surface area contributed by atoms with Gasteiger partial charge in [-0.05, 0) is 77.3 Å². The van der Waals surface area contributed by atoms with E-state index >= 15 is 0 Å². The Balaban J connectivity index is 1.71. The fraction of sp³-hybridized carbons (Fsp3) is 0.636. The number of aryl methyl sites for hydroxylation is 1. The summed E-state index contributed by atoms with van der Waals surface area (Å²) in [6, 6.07) is 7.26. The monoisotopic (exact) mass is 370 g/mol. The van der Waals surface area contributed by atoms with Crippen LogP contribution in [0.3, 0.4) is 0 Å². The molecule has 1 aromatic carbocycles. The summed E-state index contributed by atoms with van der Waals surface area (Å²) in [6.45, 7) is 9.51. The smallest absolute Gasteiger partial charge is 0.284 e. The van der Waals surface area contributed by atoms with E-state index < -0.39 is 0 Å². The highest BCUT2D eigenvalue weighted by Crippen LogP contribution is 2.58. The van der Waals surface area contributed by atoms with E-state index in [-0.39, 0.29) is 10.8 Å². The molecule has 4 heteroatoms. The van der Waals surface area contributed by atoms with Crippen LogP contribution in [-0.2, 0) is 18.3 Å². The lowest BCUT2D eigenvalue weighted by Gasteiger charge is -2.55. The van der Waals surface area contributed by atoms with Crippen LogP contribution in [0.25, 0.3) is 0 Å². The molecule has 1 heterocycles. The van der Waals surface area contributed by atoms with Crippen LogP contribution in [-0.4, -0.2) is 10.2 Å². The van der Waals surface area contributed by atoms with Crippen molar-refractivity contribution in [2.24, 2.45) is 11.3 Å². The highest BCUT2D eigenvalue weighted by molar-refractivity contribution is 7.71. The maximum atomic E-state index is 5.62. The van der Waals surface area contributed by atoms with Crippen molar-refractivity contribution in [2.45, 2.75) is 77.6 Å². The van der Waals surface area contributed by atoms with Crippen molar-refractivity contribution >= 4 is 12.2 Å². The van der Waals surface area contributed by atoms with Gasteiger partial charge in [-0.2, -0.15) is 0 Å². The molecule has 0 amide bonds. The second kappa shape index (κ2) is 6.33. The van der Waals surface area contributed by atoms with Crippen LogP contribution in [0.1, 0.15) is 81.9 Å². The van der Waals surface area contributed by atoms with Gasteiger partial charge in [0.25, 0.3) is 4.84 Å². The van der Waals surface area contributed by atoms with Crippen LogP contribution in [0.5, 0.6) is 0 Å². The van der Waals surface area contributed by atoms with Gasteiger partial charge in [0.05, 0.1) is 0 Å². The number of nitrogens with zero attached hydrogens (tertiary/aromatic N) is 1. The zero-order valence-corrected chi connectivity index (χ0v) is 17.2. The van der Waals surface area contributed by atoms with Gasteiger partial charge in [0.1, 0.15) is 0 Å². The summed E-state index contributed by atoms with van der Waals surface area (Å²) in [7, 11) is 0. The molecule has 3 nitrogen and oxygen atoms in total. The molecule has 0 unspecified atom stereocenters. The molecule has 1 N–H and O–H groups in total. The van der Waals surface area contributed by atoms with Gasteiger partial charge in [-0.15, -0.1) is 5.10 Å². The second-order valence-electron chi connectivity index (χ2n) is 9.27. The minimum Gasteiger partial charge on any atom is -0.414 e. The second-order valence-corrected chi connectivity index (χ2v) is 9.64. The van der Waals surface area contributed by atoms with Gasteiger partial charge >= 0.3 is 0 Å². The summed E-state index contributed by atoms with van der Waals surface area (Å²) in [4.78, 5) is 0.386. The molecule has 0 spiro atoms. The SMILES string of the molecule is CC(C)c1ccc2c(c1)CC[C@H]1[C@](C)(Cc3n[nH]c(=S)o3)CCC[C@]21C. The predicted octanol–water partition coefficient (Wildman–Crippen LogP) is 6.11. The van der Waals surface area contributed by atoms with E-state index in [1.807, 2.05) is 0 Å². The average molecular weight is 371 g/mol. The summed E-state index contributed by atoms with van der Waals surface area (Å²) >= 11 is 5.07. The molecular formula is C22H30N2OS. The lowest BCUT2D eigenvalue weighted by Crippen LogP contribution is -2.50. The molecule has 0 saturated heterocycles. The molecule has 1 aromatic heterocycles. The minimum atomic E-state index is 0.210. The zero-order valence-electron chi connectivity index (χ0n) is 16.4. The Bertz CT molecular complexity index is 867. The molecule has 2 aliphatic carbocycles. The summed E-state index contributed by atoms with van der Waals surface area (Å²) < 4.78 is 5.62. The van der Waals surface area contributed by atoms with E-state index in [9.17, 15) is 0 Å². The van der Waals surface area contributed by atoms with Crippen LogP contribution in [0.15, 0.2) is 22.6 Å². The summed E-state index contributed by atoms with van der Waals surface area (Å²) in [5.74, 6) is 2.01. The van der Waals surface area contributed by atoms with Crippen molar-refractivity contribution in [1.29, 1.82) is 0 Å². The van der Waals surface area contributed by atoms with Crippen molar-refractivity contribution in [1.82, 2.24) is 10.2 Å². The van der Waals surface area contributed by atoms with Gasteiger partial charge in [-0.1, -0.05) is 52.3 Å². The minimum absolute atomic E-state index is 0.210. The van der Waals surface area contributed by atoms with E-state index in [0.717, 1.165) is 12.3 Å². The van der Waals surface area contributed by atoms with E-state index in [2.05, 4.69) is 56.1 Å². The maximum Gasteiger partial charge on any atom is 0.284 e. The standard InChI is InChI=1S/C22H30N2OS/c1-14(2)15-6-8-17-16(12-15)7-9-18-21(3,10-5-11-22(17,18)4)13-19-23-24-20(26)25-19/h6,8,12,14,18H,5,7,9-11,13H2,1-4H3,(H,24,26)/t18-,21-,22+/m0/s1. The molecule has 26 heavy (non-hydrogen) atoms. The van der Waals surface area contributed by atoms with E-state index in [1.165, 1.54) is 37.7 Å². The first-order chi connectivity index (χ1) is 12.3. The quantitative estimate of drug-likeness (QED) is 0.663. The van der Waals surface area contributed by atoms with E-state index in [0.29, 0.717) is 16.7 Å². The Hall–Kier alpha value is -1.42. The molecule has 1 saturated carbocycles. The predicted molar refractivity (Wildman–Crippen MR) is 107 cm³/mol. The van der Waals surface area contributed by atoms with Crippen LogP contribution in [0, 0.1) is 16.2 Å². The fourth-order valence-electron chi connectivity index (χ4n) is 5.90. The highest BCUT2D eigenvalue weighted by atomic mass is 32.1. The van der Waals surface area contributed by atoms with Crippen LogP contribution in [0.2, 0.25) is 0 Å². The number of fused-ring (bicyclic) bond motifs is 3. The largest absolute Gasteiger partial charge is 0.414 e. The molecule has 0 bridgehead atoms. The Labute approximate surface area is 161 Å². The first-order valence-electron chi connectivity index (χ1n) is 9.99. The van der Waals surface area contributed by atoms with Crippen LogP contribution >= 0.6 is 12.2 Å². The Kier molecular flexibility index (Phi) is 4.37. The number of aromatic nitrogens is 2. The molecule has 0 radical (unpaired) electrons. The third-order valence-corrected chi connectivity index (χ3v) is 7.38. The Morgan fingerprint density at radius 1 is 1.31 bits per heavy atom. The molecule has 4 rings (SSSR count). The number of aromatic amines is 1. The van der Waals surface area contributed by atoms with Gasteiger partial charge in [0.15, 0.2) is 0 Å². The zero-order chi connectivity index (χ0) is 18.5. The summed E-state index contributed by atoms with van der Waals surface area (Å²) in [5, 5.41) is 7.08. The topological polar surface area (TPSA) is 41.8 Å². The Morgan fingerprint density at radius 2 is 2.12 bits per heavy atom. The maximum absolute atomic E-state index is 5.62. The van der Waals surface area contributed by atoms with Crippen molar-refractivity contribution < 1.29 is 4.42 Å². The fourth-order valence-corrected chi connectivity index (χ4v) is 6.04. The van der Waals surface area contributed by atoms with Gasteiger partial charge in [-0.25, -0.2) is 5.10 Å². The Morgan fingerprint density at radius 3 is 2.81 bits per heavy atom. The number of benzene rings is 1. The van der Waals surface area contributed by atoms with Crippen molar-refractivity contribution in [2.75, 3.05) is 0 Å². The lowest BCUT2D eigenvalue weighted by atomic mass is 9.49. The molecule has 3 atom stereocenters. The normalized spacial score (nSPS) is 30.9. The lowest BCUT2D eigenvalue weighted by molar-refractivity contribution is 0.0210. The molecule has 1 fully saturated rings. The van der Waals surface area contributed by atoms with E-state index in [1.54, 1.807) is 11.1 Å². The van der Waals surface area contributed by atoms with Crippen LogP contribution in [0.4, 0.5) is 0 Å². The number of nitrogens with one attached hydrogen (secondary N) is 1. The third-order valence-electron chi connectivity index (χ3n) is 7.21. The molecular weight excluding hydrogens is 340 g/mol. The molecule has 0 aliphatic heterocycles. The number of H-pyrrole nitrogens is 1. The molecule has 2 aromatic rings. The van der Waals surface area contributed by atoms with Crippen LogP contribution < -0.4 is 0 Å². The first-order valence-corrected chi connectivity index (χ1v) is 10.4. The van der Waals surface area contributed by atoms with Gasteiger partial charge in [0, 0.05) is 6.42 Å². The molecule has 140 valence electrons. The van der Waals surface area contributed by atoms with Gasteiger partial charge in [-0.3, -0.25) is 0 Å². The van der Waals surface area contributed by atoms with Crippen molar-refractivity contribution in [3.8, 4) is 0 Å². The average Bonchev–Trinajstić information content (AvgIpc) is 2.98. The summed E-state index contributed by atoms with van der Waals surface area (Å²) in [6.07, 6.45) is 7.11. The highest BCUT2D eigenvalue weighted by Gasteiger charge is 2.52. The number of hydrogen-bond acceptors (Lipinski definition) is 3. The number of hydrogen-bond donors (Lipinski definition) is 1. The number of rotatable bonds is 3. The third kappa shape index (κ3) is 2.87. The van der Waals surface area contributed by atoms with Gasteiger partial charge in [0.2, 0.25) is 5.89 Å². The molecule has 2 aliphatic rings. The van der Waals surface area contributed by atoms with Gasteiger partial charge < -0.3 is 4.42 Å². The van der Waals surface area contributed by atoms with E-state index in [4.69, 9.17) is 16.6 Å².